The molecule has 136 valence electrons. The van der Waals surface area contributed by atoms with Gasteiger partial charge in [0.25, 0.3) is 0 Å². The lowest BCUT2D eigenvalue weighted by Gasteiger charge is -2.44. The van der Waals surface area contributed by atoms with E-state index in [1.54, 1.807) is 19.5 Å². The molecule has 0 N–H and O–H groups in total. The molecule has 1 atom stereocenters. The topological polar surface area (TPSA) is 59.8 Å². The Morgan fingerprint density at radius 3 is 2.63 bits per heavy atom. The van der Waals surface area contributed by atoms with E-state index in [0.717, 1.165) is 39.5 Å². The standard InChI is InChI=1S/C21H20N4O2/c1-20(2)18-19(23-10-9-22-18)25(3)21(20)12-24-17-15-11-14(26-4)7-5-13(15)6-8-16(17)27-21/h5-12H,1-4H3. The zero-order valence-corrected chi connectivity index (χ0v) is 15.7. The summed E-state index contributed by atoms with van der Waals surface area (Å²) < 4.78 is 12.0. The SMILES string of the molecule is COc1ccc2ccc3c(c2c1)N=CC1(O3)N(C)c2nccnc2C1(C)C. The van der Waals surface area contributed by atoms with Gasteiger partial charge < -0.3 is 14.4 Å². The predicted octanol–water partition coefficient (Wildman–Crippen LogP) is 3.86. The van der Waals surface area contributed by atoms with Gasteiger partial charge in [-0.3, -0.25) is 9.98 Å². The van der Waals surface area contributed by atoms with Crippen LogP contribution in [0.1, 0.15) is 19.5 Å². The third-order valence-electron chi connectivity index (χ3n) is 5.78. The monoisotopic (exact) mass is 360 g/mol. The Morgan fingerprint density at radius 2 is 1.85 bits per heavy atom. The first-order valence-corrected chi connectivity index (χ1v) is 8.88. The molecule has 0 aliphatic carbocycles. The van der Waals surface area contributed by atoms with Crippen molar-refractivity contribution in [3.8, 4) is 11.5 Å². The van der Waals surface area contributed by atoms with E-state index in [0.29, 0.717) is 0 Å². The second-order valence-corrected chi connectivity index (χ2v) is 7.47. The molecule has 3 aromatic rings. The second kappa shape index (κ2) is 5.19. The molecule has 27 heavy (non-hydrogen) atoms. The first-order chi connectivity index (χ1) is 13.0. The summed E-state index contributed by atoms with van der Waals surface area (Å²) in [5, 5.41) is 2.10. The summed E-state index contributed by atoms with van der Waals surface area (Å²) in [7, 11) is 3.64. The molecule has 2 aromatic carbocycles. The number of nitrogens with zero attached hydrogens (tertiary/aromatic N) is 4. The highest BCUT2D eigenvalue weighted by atomic mass is 16.5. The molecule has 1 aromatic heterocycles. The van der Waals surface area contributed by atoms with Crippen molar-refractivity contribution in [3.63, 3.8) is 0 Å². The summed E-state index contributed by atoms with van der Waals surface area (Å²) in [5.74, 6) is 2.36. The van der Waals surface area contributed by atoms with Crippen LogP contribution in [0.2, 0.25) is 0 Å². The number of hydrogen-bond donors (Lipinski definition) is 0. The lowest BCUT2D eigenvalue weighted by atomic mass is 9.80. The van der Waals surface area contributed by atoms with Crippen LogP contribution < -0.4 is 14.4 Å². The fourth-order valence-corrected chi connectivity index (χ4v) is 4.16. The Bertz CT molecular complexity index is 1110. The van der Waals surface area contributed by atoms with E-state index in [2.05, 4.69) is 23.8 Å². The van der Waals surface area contributed by atoms with E-state index in [1.807, 2.05) is 48.5 Å². The van der Waals surface area contributed by atoms with Gasteiger partial charge in [0.15, 0.2) is 5.82 Å². The van der Waals surface area contributed by atoms with E-state index in [4.69, 9.17) is 14.5 Å². The first kappa shape index (κ1) is 16.1. The quantitative estimate of drug-likeness (QED) is 0.659. The zero-order chi connectivity index (χ0) is 18.8. The second-order valence-electron chi connectivity index (χ2n) is 7.47. The zero-order valence-electron chi connectivity index (χ0n) is 15.7. The molecule has 0 fully saturated rings. The van der Waals surface area contributed by atoms with E-state index in [9.17, 15) is 0 Å². The van der Waals surface area contributed by atoms with Crippen LogP contribution in [-0.2, 0) is 5.41 Å². The molecule has 2 aliphatic heterocycles. The van der Waals surface area contributed by atoms with Crippen molar-refractivity contribution in [3.05, 3.63) is 48.4 Å². The van der Waals surface area contributed by atoms with Crippen molar-refractivity contribution < 1.29 is 9.47 Å². The fraction of sp³-hybridized carbons (Fsp3) is 0.286. The first-order valence-electron chi connectivity index (χ1n) is 8.88. The average molecular weight is 360 g/mol. The number of methoxy groups -OCH3 is 1. The van der Waals surface area contributed by atoms with Crippen LogP contribution in [0.25, 0.3) is 10.8 Å². The minimum absolute atomic E-state index is 0.421. The van der Waals surface area contributed by atoms with E-state index in [-0.39, 0.29) is 0 Å². The maximum absolute atomic E-state index is 6.63. The lowest BCUT2D eigenvalue weighted by molar-refractivity contribution is 0.0810. The smallest absolute Gasteiger partial charge is 0.231 e. The largest absolute Gasteiger partial charge is 0.497 e. The summed E-state index contributed by atoms with van der Waals surface area (Å²) in [6, 6.07) is 10.0. The molecule has 1 spiro atoms. The van der Waals surface area contributed by atoms with Gasteiger partial charge in [0.1, 0.15) is 17.2 Å². The van der Waals surface area contributed by atoms with Gasteiger partial charge in [-0.15, -0.1) is 0 Å². The molecule has 0 bridgehead atoms. The molecule has 3 heterocycles. The van der Waals surface area contributed by atoms with Crippen molar-refractivity contribution in [2.24, 2.45) is 4.99 Å². The van der Waals surface area contributed by atoms with E-state index in [1.165, 1.54) is 0 Å². The van der Waals surface area contributed by atoms with Crippen molar-refractivity contribution in [2.75, 3.05) is 19.1 Å². The Kier molecular flexibility index (Phi) is 3.09. The average Bonchev–Trinajstić information content (AvgIpc) is 2.86. The maximum Gasteiger partial charge on any atom is 0.231 e. The molecular formula is C21H20N4O2. The van der Waals surface area contributed by atoms with E-state index >= 15 is 0 Å². The summed E-state index contributed by atoms with van der Waals surface area (Å²) in [5.41, 5.74) is 0.523. The van der Waals surface area contributed by atoms with Gasteiger partial charge in [0.05, 0.1) is 24.4 Å². The Hall–Kier alpha value is -3.15. The Morgan fingerprint density at radius 1 is 1.07 bits per heavy atom. The number of hydrogen-bond acceptors (Lipinski definition) is 6. The van der Waals surface area contributed by atoms with Gasteiger partial charge in [-0.25, -0.2) is 4.98 Å². The number of anilines is 1. The number of aromatic nitrogens is 2. The molecule has 0 amide bonds. The van der Waals surface area contributed by atoms with Crippen LogP contribution in [0.5, 0.6) is 11.5 Å². The molecule has 2 aliphatic rings. The Balaban J connectivity index is 1.70. The summed E-state index contributed by atoms with van der Waals surface area (Å²) in [4.78, 5) is 16.0. The third kappa shape index (κ3) is 1.92. The van der Waals surface area contributed by atoms with E-state index < -0.39 is 11.1 Å². The molecule has 5 rings (SSSR count). The van der Waals surface area contributed by atoms with Crippen LogP contribution in [0, 0.1) is 0 Å². The number of fused-ring (bicyclic) bond motifs is 4. The summed E-state index contributed by atoms with van der Waals surface area (Å²) in [6.07, 6.45) is 5.32. The van der Waals surface area contributed by atoms with Gasteiger partial charge in [-0.2, -0.15) is 0 Å². The molecule has 0 saturated carbocycles. The minimum Gasteiger partial charge on any atom is -0.497 e. The highest BCUT2D eigenvalue weighted by Crippen LogP contribution is 2.52. The van der Waals surface area contributed by atoms with Gasteiger partial charge in [0.2, 0.25) is 5.72 Å². The molecule has 6 nitrogen and oxygen atoms in total. The van der Waals surface area contributed by atoms with Crippen molar-refractivity contribution in [1.29, 1.82) is 0 Å². The molecule has 0 radical (unpaired) electrons. The number of likely N-dealkylation sites (N-methyl/N-ethyl adjacent to an activating group) is 1. The minimum atomic E-state index is -0.782. The van der Waals surface area contributed by atoms with Crippen LogP contribution in [0.15, 0.2) is 47.7 Å². The van der Waals surface area contributed by atoms with Gasteiger partial charge in [-0.05, 0) is 37.4 Å². The number of benzene rings is 2. The lowest BCUT2D eigenvalue weighted by Crippen LogP contribution is -2.61. The van der Waals surface area contributed by atoms with Gasteiger partial charge >= 0.3 is 0 Å². The molecule has 1 unspecified atom stereocenters. The number of ether oxygens (including phenoxy) is 2. The van der Waals surface area contributed by atoms with Crippen LogP contribution >= 0.6 is 0 Å². The highest BCUT2D eigenvalue weighted by molar-refractivity contribution is 6.00. The predicted molar refractivity (Wildman–Crippen MR) is 105 cm³/mol. The van der Waals surface area contributed by atoms with Crippen molar-refractivity contribution >= 4 is 28.5 Å². The summed E-state index contributed by atoms with van der Waals surface area (Å²) >= 11 is 0. The Labute approximate surface area is 157 Å². The van der Waals surface area contributed by atoms with Crippen LogP contribution in [-0.4, -0.2) is 36.1 Å². The molecule has 6 heteroatoms. The van der Waals surface area contributed by atoms with Gasteiger partial charge in [0, 0.05) is 24.8 Å². The maximum atomic E-state index is 6.63. The van der Waals surface area contributed by atoms with Crippen molar-refractivity contribution in [2.45, 2.75) is 25.0 Å². The molecule has 0 saturated heterocycles. The van der Waals surface area contributed by atoms with Crippen molar-refractivity contribution in [1.82, 2.24) is 9.97 Å². The number of aliphatic imine (C=N–C) groups is 1. The highest BCUT2D eigenvalue weighted by Gasteiger charge is 2.60. The van der Waals surface area contributed by atoms with Crippen LogP contribution in [0.4, 0.5) is 11.5 Å². The normalized spacial score (nSPS) is 21.9. The van der Waals surface area contributed by atoms with Crippen LogP contribution in [0.3, 0.4) is 0 Å². The molecular weight excluding hydrogens is 340 g/mol. The fourth-order valence-electron chi connectivity index (χ4n) is 4.16. The number of rotatable bonds is 1. The third-order valence-corrected chi connectivity index (χ3v) is 5.78. The van der Waals surface area contributed by atoms with Gasteiger partial charge in [-0.1, -0.05) is 12.1 Å². The summed E-state index contributed by atoms with van der Waals surface area (Å²) in [6.45, 7) is 4.23.